The second-order valence-electron chi connectivity index (χ2n) is 4.92. The van der Waals surface area contributed by atoms with Gasteiger partial charge in [-0.3, -0.25) is 9.59 Å². The number of fused-ring (bicyclic) bond motifs is 1. The van der Waals surface area contributed by atoms with E-state index in [2.05, 4.69) is 0 Å². The number of carbonyl (C=O) groups is 3. The highest BCUT2D eigenvalue weighted by Gasteiger charge is 2.39. The van der Waals surface area contributed by atoms with Gasteiger partial charge in [-0.1, -0.05) is 6.92 Å². The Balaban J connectivity index is 2.51. The summed E-state index contributed by atoms with van der Waals surface area (Å²) in [6.45, 7) is 4.84. The molecule has 5 heteroatoms. The fourth-order valence-electron chi connectivity index (χ4n) is 2.54. The van der Waals surface area contributed by atoms with Crippen molar-refractivity contribution in [3.05, 3.63) is 28.3 Å². The molecule has 0 bridgehead atoms. The first-order valence-corrected chi connectivity index (χ1v) is 6.45. The Kier molecular flexibility index (Phi) is 3.61. The fraction of sp³-hybridized carbons (Fsp3) is 0.400. The summed E-state index contributed by atoms with van der Waals surface area (Å²) in [6, 6.07) is 1.50. The van der Waals surface area contributed by atoms with E-state index < -0.39 is 18.5 Å². The van der Waals surface area contributed by atoms with Crippen molar-refractivity contribution >= 4 is 17.5 Å². The second-order valence-corrected chi connectivity index (χ2v) is 4.92. The van der Waals surface area contributed by atoms with E-state index in [0.29, 0.717) is 34.4 Å². The quantitative estimate of drug-likeness (QED) is 0.852. The Morgan fingerprint density at radius 1 is 1.25 bits per heavy atom. The SMILES string of the molecule is CC[C@H]1C(=O)c2cc(OCC(=O)O)c(C)c(C)c2C1=O. The van der Waals surface area contributed by atoms with Crippen molar-refractivity contribution in [2.24, 2.45) is 5.92 Å². The number of carbonyl (C=O) groups excluding carboxylic acids is 2. The van der Waals surface area contributed by atoms with Crippen molar-refractivity contribution in [3.63, 3.8) is 0 Å². The molecule has 0 unspecified atom stereocenters. The molecule has 1 atom stereocenters. The minimum atomic E-state index is -1.09. The largest absolute Gasteiger partial charge is 0.482 e. The zero-order valence-corrected chi connectivity index (χ0v) is 11.6. The highest BCUT2D eigenvalue weighted by molar-refractivity contribution is 6.27. The van der Waals surface area contributed by atoms with Crippen molar-refractivity contribution in [3.8, 4) is 5.75 Å². The molecule has 0 heterocycles. The van der Waals surface area contributed by atoms with E-state index in [9.17, 15) is 14.4 Å². The summed E-state index contributed by atoms with van der Waals surface area (Å²) in [5, 5.41) is 8.66. The lowest BCUT2D eigenvalue weighted by atomic mass is 9.97. The van der Waals surface area contributed by atoms with Gasteiger partial charge >= 0.3 is 5.97 Å². The normalized spacial score (nSPS) is 17.2. The molecule has 0 amide bonds. The Labute approximate surface area is 116 Å². The van der Waals surface area contributed by atoms with E-state index in [0.717, 1.165) is 0 Å². The molecule has 1 N–H and O–H groups in total. The molecule has 0 saturated carbocycles. The first-order chi connectivity index (χ1) is 9.38. The number of hydrogen-bond acceptors (Lipinski definition) is 4. The summed E-state index contributed by atoms with van der Waals surface area (Å²) in [7, 11) is 0. The van der Waals surface area contributed by atoms with Gasteiger partial charge in [0.05, 0.1) is 5.92 Å². The van der Waals surface area contributed by atoms with Gasteiger partial charge in [0.25, 0.3) is 0 Å². The lowest BCUT2D eigenvalue weighted by Gasteiger charge is -2.12. The predicted octanol–water partition coefficient (Wildman–Crippen LogP) is 2.17. The van der Waals surface area contributed by atoms with Crippen LogP contribution < -0.4 is 4.74 Å². The van der Waals surface area contributed by atoms with Crippen LogP contribution in [-0.4, -0.2) is 29.2 Å². The minimum absolute atomic E-state index is 0.141. The molecule has 20 heavy (non-hydrogen) atoms. The lowest BCUT2D eigenvalue weighted by molar-refractivity contribution is -0.139. The molecule has 5 nitrogen and oxygen atoms in total. The minimum Gasteiger partial charge on any atom is -0.482 e. The number of rotatable bonds is 4. The molecule has 0 fully saturated rings. The number of hydrogen-bond donors (Lipinski definition) is 1. The van der Waals surface area contributed by atoms with Crippen LogP contribution in [0.25, 0.3) is 0 Å². The van der Waals surface area contributed by atoms with Gasteiger partial charge in [-0.2, -0.15) is 0 Å². The van der Waals surface area contributed by atoms with Crippen LogP contribution in [0.4, 0.5) is 0 Å². The molecule has 0 spiro atoms. The topological polar surface area (TPSA) is 80.7 Å². The zero-order valence-electron chi connectivity index (χ0n) is 11.6. The van der Waals surface area contributed by atoms with Gasteiger partial charge in [-0.15, -0.1) is 0 Å². The van der Waals surface area contributed by atoms with Crippen molar-refractivity contribution < 1.29 is 24.2 Å². The number of aliphatic carboxylic acids is 1. The molecule has 0 radical (unpaired) electrons. The third-order valence-corrected chi connectivity index (χ3v) is 3.76. The van der Waals surface area contributed by atoms with E-state index in [-0.39, 0.29) is 11.6 Å². The molecular formula is C15H16O5. The Morgan fingerprint density at radius 3 is 2.45 bits per heavy atom. The fourth-order valence-corrected chi connectivity index (χ4v) is 2.54. The molecule has 1 aliphatic rings. The summed E-state index contributed by atoms with van der Waals surface area (Å²) in [5.74, 6) is -1.69. The zero-order chi connectivity index (χ0) is 15.0. The van der Waals surface area contributed by atoms with Gasteiger partial charge in [0, 0.05) is 11.1 Å². The van der Waals surface area contributed by atoms with Crippen molar-refractivity contribution in [1.82, 2.24) is 0 Å². The summed E-state index contributed by atoms with van der Waals surface area (Å²) >= 11 is 0. The highest BCUT2D eigenvalue weighted by Crippen LogP contribution is 2.36. The third kappa shape index (κ3) is 2.09. The van der Waals surface area contributed by atoms with E-state index in [1.807, 2.05) is 0 Å². The van der Waals surface area contributed by atoms with Crippen LogP contribution in [0.5, 0.6) is 5.75 Å². The standard InChI is InChI=1S/C15H16O5/c1-4-9-14(18)10-5-11(20-6-12(16)17)7(2)8(3)13(10)15(9)19/h5,9H,4,6H2,1-3H3,(H,16,17)/t9-/m0/s1. The monoisotopic (exact) mass is 276 g/mol. The highest BCUT2D eigenvalue weighted by atomic mass is 16.5. The maximum Gasteiger partial charge on any atom is 0.341 e. The van der Waals surface area contributed by atoms with E-state index in [4.69, 9.17) is 9.84 Å². The van der Waals surface area contributed by atoms with Crippen LogP contribution in [-0.2, 0) is 4.79 Å². The van der Waals surface area contributed by atoms with Gasteiger partial charge in [0.15, 0.2) is 18.2 Å². The molecule has 106 valence electrons. The number of benzene rings is 1. The summed E-state index contributed by atoms with van der Waals surface area (Å²) in [4.78, 5) is 35.0. The molecule has 1 aliphatic carbocycles. The van der Waals surface area contributed by atoms with Gasteiger partial charge in [-0.25, -0.2) is 4.79 Å². The van der Waals surface area contributed by atoms with Gasteiger partial charge < -0.3 is 9.84 Å². The molecular weight excluding hydrogens is 260 g/mol. The summed E-state index contributed by atoms with van der Waals surface area (Å²) in [5.41, 5.74) is 2.20. The van der Waals surface area contributed by atoms with Crippen LogP contribution >= 0.6 is 0 Å². The average molecular weight is 276 g/mol. The van der Waals surface area contributed by atoms with Gasteiger partial charge in [-0.05, 0) is 37.5 Å². The van der Waals surface area contributed by atoms with Gasteiger partial charge in [0.1, 0.15) is 5.75 Å². The first kappa shape index (κ1) is 14.2. The summed E-state index contributed by atoms with van der Waals surface area (Å²) < 4.78 is 5.19. The van der Waals surface area contributed by atoms with Crippen molar-refractivity contribution in [1.29, 1.82) is 0 Å². The first-order valence-electron chi connectivity index (χ1n) is 6.45. The van der Waals surface area contributed by atoms with E-state index >= 15 is 0 Å². The van der Waals surface area contributed by atoms with Crippen LogP contribution in [0, 0.1) is 19.8 Å². The molecule has 1 aromatic rings. The third-order valence-electron chi connectivity index (χ3n) is 3.76. The van der Waals surface area contributed by atoms with E-state index in [1.165, 1.54) is 6.07 Å². The Hall–Kier alpha value is -2.17. The number of carboxylic acid groups (broad SMARTS) is 1. The van der Waals surface area contributed by atoms with Crippen LogP contribution in [0.3, 0.4) is 0 Å². The van der Waals surface area contributed by atoms with E-state index in [1.54, 1.807) is 20.8 Å². The molecule has 0 saturated heterocycles. The Morgan fingerprint density at radius 2 is 1.90 bits per heavy atom. The number of Topliss-reactive ketones (excluding diaryl/α,β-unsaturated/α-hetero) is 2. The predicted molar refractivity (Wildman–Crippen MR) is 71.5 cm³/mol. The van der Waals surface area contributed by atoms with Gasteiger partial charge in [0.2, 0.25) is 0 Å². The maximum absolute atomic E-state index is 12.2. The average Bonchev–Trinajstić information content (AvgIpc) is 2.63. The maximum atomic E-state index is 12.2. The molecule has 2 rings (SSSR count). The van der Waals surface area contributed by atoms with Crippen LogP contribution in [0.15, 0.2) is 6.07 Å². The lowest BCUT2D eigenvalue weighted by Crippen LogP contribution is -2.13. The van der Waals surface area contributed by atoms with Crippen molar-refractivity contribution in [2.75, 3.05) is 6.61 Å². The number of carboxylic acids is 1. The Bertz CT molecular complexity index is 615. The smallest absolute Gasteiger partial charge is 0.341 e. The summed E-state index contributed by atoms with van der Waals surface area (Å²) in [6.07, 6.45) is 0.468. The molecule has 0 aromatic heterocycles. The van der Waals surface area contributed by atoms with Crippen LogP contribution in [0.2, 0.25) is 0 Å². The second kappa shape index (κ2) is 5.07. The number of ketones is 2. The van der Waals surface area contributed by atoms with Crippen molar-refractivity contribution in [2.45, 2.75) is 27.2 Å². The molecule has 1 aromatic carbocycles. The molecule has 0 aliphatic heterocycles. The van der Waals surface area contributed by atoms with Crippen LogP contribution in [0.1, 0.15) is 45.2 Å². The number of ether oxygens (including phenoxy) is 1.